The van der Waals surface area contributed by atoms with Crippen LogP contribution in [0.4, 0.5) is 11.8 Å². The molecule has 4 heterocycles. The molecule has 0 radical (unpaired) electrons. The Morgan fingerprint density at radius 2 is 2.00 bits per heavy atom. The second kappa shape index (κ2) is 5.35. The number of anilines is 2. The summed E-state index contributed by atoms with van der Waals surface area (Å²) in [5.74, 6) is 1.13. The van der Waals surface area contributed by atoms with Crippen LogP contribution in [0.2, 0.25) is 0 Å². The van der Waals surface area contributed by atoms with Crippen LogP contribution in [0.1, 0.15) is 5.69 Å². The highest BCUT2D eigenvalue weighted by Crippen LogP contribution is 2.24. The first-order valence-corrected chi connectivity index (χ1v) is 8.49. The number of aryl methyl sites for hydroxylation is 1. The van der Waals surface area contributed by atoms with Crippen molar-refractivity contribution in [3.05, 3.63) is 53.9 Å². The number of rotatable bonds is 3. The molecule has 0 aliphatic heterocycles. The SMILES string of the molecule is Cc1csc2nc(Nc3ncnc4c3cnn4-c3ccccc3)nn12. The molecule has 25 heavy (non-hydrogen) atoms. The van der Waals surface area contributed by atoms with Gasteiger partial charge < -0.3 is 5.32 Å². The first kappa shape index (κ1) is 14.1. The lowest BCUT2D eigenvalue weighted by atomic mass is 10.3. The molecule has 0 spiro atoms. The summed E-state index contributed by atoms with van der Waals surface area (Å²) in [6, 6.07) is 9.86. The molecule has 4 aromatic heterocycles. The maximum absolute atomic E-state index is 4.47. The summed E-state index contributed by atoms with van der Waals surface area (Å²) in [6.07, 6.45) is 3.25. The molecule has 0 unspecified atom stereocenters. The molecular formula is C16H12N8S. The maximum atomic E-state index is 4.47. The fourth-order valence-electron chi connectivity index (χ4n) is 2.65. The Morgan fingerprint density at radius 3 is 2.84 bits per heavy atom. The van der Waals surface area contributed by atoms with Gasteiger partial charge in [-0.1, -0.05) is 18.2 Å². The zero-order valence-corrected chi connectivity index (χ0v) is 14.0. The van der Waals surface area contributed by atoms with E-state index in [0.29, 0.717) is 11.8 Å². The van der Waals surface area contributed by atoms with Crippen LogP contribution in [0.15, 0.2) is 48.2 Å². The van der Waals surface area contributed by atoms with E-state index in [-0.39, 0.29) is 0 Å². The minimum atomic E-state index is 0.502. The molecule has 0 saturated carbocycles. The van der Waals surface area contributed by atoms with E-state index >= 15 is 0 Å². The summed E-state index contributed by atoms with van der Waals surface area (Å²) in [6.45, 7) is 1.99. The number of aromatic nitrogens is 7. The average Bonchev–Trinajstić information content (AvgIpc) is 3.32. The minimum Gasteiger partial charge on any atom is -0.307 e. The number of hydrogen-bond acceptors (Lipinski definition) is 7. The molecule has 5 rings (SSSR count). The molecule has 5 aromatic rings. The minimum absolute atomic E-state index is 0.502. The van der Waals surface area contributed by atoms with Crippen molar-refractivity contribution in [1.29, 1.82) is 0 Å². The third-order valence-corrected chi connectivity index (χ3v) is 4.78. The second-order valence-corrected chi connectivity index (χ2v) is 6.32. The molecule has 0 atom stereocenters. The van der Waals surface area contributed by atoms with Crippen molar-refractivity contribution in [2.24, 2.45) is 0 Å². The van der Waals surface area contributed by atoms with Crippen molar-refractivity contribution >= 4 is 39.1 Å². The van der Waals surface area contributed by atoms with Gasteiger partial charge in [-0.25, -0.2) is 19.2 Å². The molecule has 122 valence electrons. The molecule has 8 nitrogen and oxygen atoms in total. The van der Waals surface area contributed by atoms with Gasteiger partial charge in [0.15, 0.2) is 5.65 Å². The largest absolute Gasteiger partial charge is 0.307 e. The standard InChI is InChI=1S/C16H12N8S/c1-10-8-25-16-21-15(22-23(10)16)20-13-12-7-19-24(14(12)18-9-17-13)11-5-3-2-4-6-11/h2-9H,1H3,(H,17,18,20,22). The van der Waals surface area contributed by atoms with E-state index in [0.717, 1.165) is 27.4 Å². The topological polar surface area (TPSA) is 85.8 Å². The number of hydrogen-bond donors (Lipinski definition) is 1. The van der Waals surface area contributed by atoms with E-state index in [9.17, 15) is 0 Å². The van der Waals surface area contributed by atoms with Gasteiger partial charge in [0.1, 0.15) is 12.1 Å². The van der Waals surface area contributed by atoms with Gasteiger partial charge in [-0.3, -0.25) is 0 Å². The van der Waals surface area contributed by atoms with Gasteiger partial charge in [0, 0.05) is 5.38 Å². The van der Waals surface area contributed by atoms with Crippen LogP contribution in [-0.4, -0.2) is 34.3 Å². The normalized spacial score (nSPS) is 11.4. The van der Waals surface area contributed by atoms with Crippen LogP contribution in [0.5, 0.6) is 0 Å². The van der Waals surface area contributed by atoms with Crippen LogP contribution in [0.3, 0.4) is 0 Å². The van der Waals surface area contributed by atoms with E-state index in [1.807, 2.05) is 42.6 Å². The Kier molecular flexibility index (Phi) is 3.01. The van der Waals surface area contributed by atoms with Crippen molar-refractivity contribution in [3.63, 3.8) is 0 Å². The van der Waals surface area contributed by atoms with Crippen molar-refractivity contribution in [3.8, 4) is 5.69 Å². The van der Waals surface area contributed by atoms with Crippen LogP contribution in [0.25, 0.3) is 21.7 Å². The van der Waals surface area contributed by atoms with Gasteiger partial charge in [-0.05, 0) is 19.1 Å². The second-order valence-electron chi connectivity index (χ2n) is 5.48. The van der Waals surface area contributed by atoms with Crippen molar-refractivity contribution in [2.45, 2.75) is 6.92 Å². The Morgan fingerprint density at radius 1 is 1.12 bits per heavy atom. The lowest BCUT2D eigenvalue weighted by Crippen LogP contribution is -2.00. The van der Waals surface area contributed by atoms with Crippen LogP contribution in [-0.2, 0) is 0 Å². The predicted octanol–water partition coefficient (Wildman–Crippen LogP) is 2.97. The summed E-state index contributed by atoms with van der Waals surface area (Å²) in [5, 5.41) is 14.9. The highest BCUT2D eigenvalue weighted by molar-refractivity contribution is 7.15. The van der Waals surface area contributed by atoms with Crippen LogP contribution in [0, 0.1) is 6.92 Å². The molecule has 0 bridgehead atoms. The molecule has 0 saturated heterocycles. The molecule has 1 aromatic carbocycles. The number of para-hydroxylation sites is 1. The summed E-state index contributed by atoms with van der Waals surface area (Å²) >= 11 is 1.55. The van der Waals surface area contributed by atoms with Crippen molar-refractivity contribution in [1.82, 2.24) is 34.3 Å². The lowest BCUT2D eigenvalue weighted by molar-refractivity contribution is 0.895. The van der Waals surface area contributed by atoms with Gasteiger partial charge in [0.2, 0.25) is 10.9 Å². The highest BCUT2D eigenvalue weighted by Gasteiger charge is 2.13. The number of benzene rings is 1. The zero-order valence-electron chi connectivity index (χ0n) is 13.2. The van der Waals surface area contributed by atoms with Crippen molar-refractivity contribution < 1.29 is 0 Å². The van der Waals surface area contributed by atoms with E-state index in [1.54, 1.807) is 26.7 Å². The van der Waals surface area contributed by atoms with Gasteiger partial charge in [0.25, 0.3) is 0 Å². The Hall–Kier alpha value is -3.33. The summed E-state index contributed by atoms with van der Waals surface area (Å²) in [7, 11) is 0. The van der Waals surface area contributed by atoms with Crippen LogP contribution < -0.4 is 5.32 Å². The fraction of sp³-hybridized carbons (Fsp3) is 0.0625. The quantitative estimate of drug-likeness (QED) is 0.539. The lowest BCUT2D eigenvalue weighted by Gasteiger charge is -2.04. The monoisotopic (exact) mass is 348 g/mol. The summed E-state index contributed by atoms with van der Waals surface area (Å²) < 4.78 is 3.59. The number of nitrogens with one attached hydrogen (secondary N) is 1. The first-order valence-electron chi connectivity index (χ1n) is 7.61. The third-order valence-electron chi connectivity index (χ3n) is 3.84. The fourth-order valence-corrected chi connectivity index (χ4v) is 3.45. The van der Waals surface area contributed by atoms with Gasteiger partial charge in [-0.2, -0.15) is 10.1 Å². The molecule has 9 heteroatoms. The average molecular weight is 348 g/mol. The Labute approximate surface area is 145 Å². The van der Waals surface area contributed by atoms with Gasteiger partial charge in [0.05, 0.1) is 23.0 Å². The van der Waals surface area contributed by atoms with E-state index in [2.05, 4.69) is 30.5 Å². The molecule has 0 aliphatic rings. The number of nitrogens with zero attached hydrogens (tertiary/aromatic N) is 7. The number of thiazole rings is 1. The first-order chi connectivity index (χ1) is 12.3. The van der Waals surface area contributed by atoms with Gasteiger partial charge in [-0.15, -0.1) is 16.4 Å². The van der Waals surface area contributed by atoms with Crippen molar-refractivity contribution in [2.75, 3.05) is 5.32 Å². The molecular weight excluding hydrogens is 336 g/mol. The van der Waals surface area contributed by atoms with E-state index in [4.69, 9.17) is 0 Å². The summed E-state index contributed by atoms with van der Waals surface area (Å²) in [4.78, 5) is 14.0. The Bertz CT molecular complexity index is 1190. The number of fused-ring (bicyclic) bond motifs is 2. The smallest absolute Gasteiger partial charge is 0.249 e. The molecule has 0 fully saturated rings. The highest BCUT2D eigenvalue weighted by atomic mass is 32.1. The molecule has 1 N–H and O–H groups in total. The van der Waals surface area contributed by atoms with E-state index < -0.39 is 0 Å². The molecule has 0 aliphatic carbocycles. The Balaban J connectivity index is 1.58. The molecule has 0 amide bonds. The van der Waals surface area contributed by atoms with Gasteiger partial charge >= 0.3 is 0 Å². The summed E-state index contributed by atoms with van der Waals surface area (Å²) in [5.41, 5.74) is 2.71. The van der Waals surface area contributed by atoms with Crippen LogP contribution >= 0.6 is 11.3 Å². The maximum Gasteiger partial charge on any atom is 0.249 e. The zero-order chi connectivity index (χ0) is 16.8. The predicted molar refractivity (Wildman–Crippen MR) is 95.5 cm³/mol. The third kappa shape index (κ3) is 2.24. The van der Waals surface area contributed by atoms with E-state index in [1.165, 1.54) is 6.33 Å².